The van der Waals surface area contributed by atoms with Crippen LogP contribution in [0.2, 0.25) is 0 Å². The molecule has 0 saturated heterocycles. The van der Waals surface area contributed by atoms with Crippen LogP contribution in [0, 0.1) is 0 Å². The van der Waals surface area contributed by atoms with E-state index in [0.29, 0.717) is 19.3 Å². The Morgan fingerprint density at radius 2 is 0.962 bits per heavy atom. The van der Waals surface area contributed by atoms with Crippen molar-refractivity contribution in [3.63, 3.8) is 0 Å². The van der Waals surface area contributed by atoms with Crippen LogP contribution in [0.5, 0.6) is 0 Å². The van der Waals surface area contributed by atoms with Crippen molar-refractivity contribution in [1.82, 2.24) is 10.6 Å². The molecule has 2 amide bonds. The Morgan fingerprint density at radius 1 is 0.547 bits per heavy atom. The number of unbranched alkanes of at least 4 members (excludes halogenated alkanes) is 24. The van der Waals surface area contributed by atoms with E-state index >= 15 is 0 Å². The Hall–Kier alpha value is -2.42. The first-order valence-electron chi connectivity index (χ1n) is 22.1. The van der Waals surface area contributed by atoms with Crippen molar-refractivity contribution in [3.05, 3.63) is 12.2 Å². The van der Waals surface area contributed by atoms with E-state index in [9.17, 15) is 19.2 Å². The summed E-state index contributed by atoms with van der Waals surface area (Å²) in [5, 5.41) is 22.5. The number of carbonyl (C=O) groups is 4. The lowest BCUT2D eigenvalue weighted by Crippen LogP contribution is -2.47. The van der Waals surface area contributed by atoms with Crippen molar-refractivity contribution in [1.29, 1.82) is 0 Å². The quantitative estimate of drug-likeness (QED) is 0.0277. The van der Waals surface area contributed by atoms with Gasteiger partial charge in [0.15, 0.2) is 0 Å². The highest BCUT2D eigenvalue weighted by molar-refractivity contribution is 5.87. The van der Waals surface area contributed by atoms with E-state index < -0.39 is 24.5 Å². The number of carboxylic acid groups (broad SMARTS) is 1. The number of rotatable bonds is 40. The molecule has 0 fully saturated rings. The molecule has 9 nitrogen and oxygen atoms in total. The standard InChI is InChI=1S/C44H82N2O7/c1-3-5-7-9-11-13-15-16-17-19-21-23-28-32-36-43(50)53-39(33-29-25-22-20-18-14-12-10-8-6-4-2)34-30-26-24-27-31-35-41(48)45-37-42(49)46-40(38-47)44(51)52/h15-16,39-40,47H,3-14,17-38H2,1-2H3,(H,45,48)(H,46,49)(H,51,52)/b16-15-. The average Bonchev–Trinajstić information content (AvgIpc) is 3.14. The maximum absolute atomic E-state index is 12.8. The molecule has 0 aliphatic heterocycles. The van der Waals surface area contributed by atoms with Crippen molar-refractivity contribution in [2.24, 2.45) is 0 Å². The van der Waals surface area contributed by atoms with E-state index in [0.717, 1.165) is 64.2 Å². The molecular formula is C44H82N2O7. The molecule has 53 heavy (non-hydrogen) atoms. The third kappa shape index (κ3) is 36.3. The summed E-state index contributed by atoms with van der Waals surface area (Å²) in [6, 6.07) is -1.38. The molecule has 0 spiro atoms. The summed E-state index contributed by atoms with van der Waals surface area (Å²) in [6.45, 7) is 3.48. The fraction of sp³-hybridized carbons (Fsp3) is 0.864. The zero-order valence-electron chi connectivity index (χ0n) is 34.3. The van der Waals surface area contributed by atoms with E-state index in [4.69, 9.17) is 14.9 Å². The second-order valence-corrected chi connectivity index (χ2v) is 15.1. The van der Waals surface area contributed by atoms with Gasteiger partial charge < -0.3 is 25.6 Å². The van der Waals surface area contributed by atoms with Gasteiger partial charge in [0.05, 0.1) is 13.2 Å². The number of carbonyl (C=O) groups excluding carboxylic acids is 3. The number of nitrogens with one attached hydrogen (secondary N) is 2. The number of hydrogen-bond acceptors (Lipinski definition) is 6. The summed E-state index contributed by atoms with van der Waals surface area (Å²) in [5.41, 5.74) is 0. The Bertz CT molecular complexity index is 910. The van der Waals surface area contributed by atoms with Crippen LogP contribution in [0.15, 0.2) is 12.2 Å². The van der Waals surface area contributed by atoms with Crippen molar-refractivity contribution in [3.8, 4) is 0 Å². The Labute approximate surface area is 324 Å². The molecule has 0 aromatic carbocycles. The van der Waals surface area contributed by atoms with Gasteiger partial charge >= 0.3 is 11.9 Å². The number of aliphatic hydroxyl groups excluding tert-OH is 1. The predicted molar refractivity (Wildman–Crippen MR) is 218 cm³/mol. The normalized spacial score (nSPS) is 12.5. The zero-order chi connectivity index (χ0) is 39.0. The molecule has 2 unspecified atom stereocenters. The lowest BCUT2D eigenvalue weighted by atomic mass is 10.0. The van der Waals surface area contributed by atoms with Crippen LogP contribution in [0.4, 0.5) is 0 Å². The Kier molecular flexibility index (Phi) is 37.5. The maximum Gasteiger partial charge on any atom is 0.328 e. The van der Waals surface area contributed by atoms with Crippen LogP contribution in [0.3, 0.4) is 0 Å². The van der Waals surface area contributed by atoms with Gasteiger partial charge in [-0.3, -0.25) is 14.4 Å². The van der Waals surface area contributed by atoms with Gasteiger partial charge in [-0.05, 0) is 64.2 Å². The van der Waals surface area contributed by atoms with Gasteiger partial charge in [-0.25, -0.2) is 4.79 Å². The summed E-state index contributed by atoms with van der Waals surface area (Å²) in [7, 11) is 0. The molecule has 0 bridgehead atoms. The fourth-order valence-electron chi connectivity index (χ4n) is 6.59. The molecule has 0 rings (SSSR count). The van der Waals surface area contributed by atoms with Crippen molar-refractivity contribution >= 4 is 23.8 Å². The number of esters is 1. The smallest absolute Gasteiger partial charge is 0.328 e. The molecule has 0 radical (unpaired) electrons. The highest BCUT2D eigenvalue weighted by Gasteiger charge is 2.19. The van der Waals surface area contributed by atoms with Crippen LogP contribution in [-0.4, -0.2) is 59.3 Å². The molecule has 0 saturated carbocycles. The van der Waals surface area contributed by atoms with Crippen LogP contribution >= 0.6 is 0 Å². The summed E-state index contributed by atoms with van der Waals surface area (Å²) in [5.74, 6) is -2.29. The first kappa shape index (κ1) is 50.6. The number of allylic oxidation sites excluding steroid dienone is 2. The highest BCUT2D eigenvalue weighted by Crippen LogP contribution is 2.19. The summed E-state index contributed by atoms with van der Waals surface area (Å²) in [4.78, 5) is 47.5. The van der Waals surface area contributed by atoms with Crippen LogP contribution in [-0.2, 0) is 23.9 Å². The second kappa shape index (κ2) is 39.3. The zero-order valence-corrected chi connectivity index (χ0v) is 34.3. The molecule has 0 aliphatic carbocycles. The Balaban J connectivity index is 4.29. The molecule has 4 N–H and O–H groups in total. The average molecular weight is 751 g/mol. The van der Waals surface area contributed by atoms with Crippen molar-refractivity contribution in [2.75, 3.05) is 13.2 Å². The maximum atomic E-state index is 12.8. The SMILES string of the molecule is CCCCCCC/C=C\CCCCCCCC(=O)OC(CCCCCCCCCCCCC)CCCCCCCC(=O)NCC(=O)NC(CO)C(=O)O. The number of ether oxygens (including phenoxy) is 1. The molecule has 0 aliphatic rings. The summed E-state index contributed by atoms with van der Waals surface area (Å²) in [6.07, 6.45) is 40.9. The van der Waals surface area contributed by atoms with Crippen LogP contribution in [0.1, 0.15) is 219 Å². The molecule has 2 atom stereocenters. The van der Waals surface area contributed by atoms with Crippen molar-refractivity contribution < 1.29 is 34.1 Å². The number of hydrogen-bond donors (Lipinski definition) is 4. The highest BCUT2D eigenvalue weighted by atomic mass is 16.5. The minimum atomic E-state index is -1.38. The lowest BCUT2D eigenvalue weighted by Gasteiger charge is -2.18. The van der Waals surface area contributed by atoms with Gasteiger partial charge in [0.25, 0.3) is 0 Å². The third-order valence-corrected chi connectivity index (χ3v) is 10.0. The van der Waals surface area contributed by atoms with Crippen molar-refractivity contribution in [2.45, 2.75) is 231 Å². The topological polar surface area (TPSA) is 142 Å². The number of carboxylic acids is 1. The number of aliphatic hydroxyl groups is 1. The second-order valence-electron chi connectivity index (χ2n) is 15.1. The number of amides is 2. The van der Waals surface area contributed by atoms with E-state index in [1.54, 1.807) is 0 Å². The van der Waals surface area contributed by atoms with Gasteiger partial charge in [0, 0.05) is 12.8 Å². The predicted octanol–water partition coefficient (Wildman–Crippen LogP) is 10.7. The fourth-order valence-corrected chi connectivity index (χ4v) is 6.59. The molecule has 310 valence electrons. The van der Waals surface area contributed by atoms with Crippen LogP contribution < -0.4 is 10.6 Å². The van der Waals surface area contributed by atoms with E-state index in [1.165, 1.54) is 122 Å². The molecular weight excluding hydrogens is 668 g/mol. The van der Waals surface area contributed by atoms with Crippen LogP contribution in [0.25, 0.3) is 0 Å². The Morgan fingerprint density at radius 3 is 1.42 bits per heavy atom. The largest absolute Gasteiger partial charge is 0.480 e. The van der Waals surface area contributed by atoms with E-state index in [1.807, 2.05) is 0 Å². The first-order chi connectivity index (χ1) is 25.8. The van der Waals surface area contributed by atoms with E-state index in [-0.39, 0.29) is 24.5 Å². The molecule has 0 aromatic rings. The molecule has 9 heteroatoms. The van der Waals surface area contributed by atoms with Gasteiger partial charge in [0.2, 0.25) is 11.8 Å². The summed E-state index contributed by atoms with van der Waals surface area (Å²) < 4.78 is 6.03. The number of aliphatic carboxylic acids is 1. The van der Waals surface area contributed by atoms with Gasteiger partial charge in [0.1, 0.15) is 12.1 Å². The third-order valence-electron chi connectivity index (χ3n) is 10.0. The lowest BCUT2D eigenvalue weighted by molar-refractivity contribution is -0.150. The first-order valence-corrected chi connectivity index (χ1v) is 22.1. The molecule has 0 aromatic heterocycles. The summed E-state index contributed by atoms with van der Waals surface area (Å²) >= 11 is 0. The van der Waals surface area contributed by atoms with E-state index in [2.05, 4.69) is 36.6 Å². The van der Waals surface area contributed by atoms with Gasteiger partial charge in [-0.2, -0.15) is 0 Å². The molecule has 0 heterocycles. The van der Waals surface area contributed by atoms with Gasteiger partial charge in [-0.1, -0.05) is 154 Å². The van der Waals surface area contributed by atoms with Gasteiger partial charge in [-0.15, -0.1) is 0 Å². The minimum absolute atomic E-state index is 0.0111. The minimum Gasteiger partial charge on any atom is -0.480 e. The monoisotopic (exact) mass is 751 g/mol.